The van der Waals surface area contributed by atoms with Gasteiger partial charge in [0, 0.05) is 13.1 Å². The van der Waals surface area contributed by atoms with Gasteiger partial charge in [-0.25, -0.2) is 4.79 Å². The number of carbonyl (C=O) groups is 1. The summed E-state index contributed by atoms with van der Waals surface area (Å²) in [6.45, 7) is 4.97. The molecule has 0 spiro atoms. The lowest BCUT2D eigenvalue weighted by molar-refractivity contribution is -0.138. The maximum atomic E-state index is 10.6. The maximum absolute atomic E-state index is 10.6. The van der Waals surface area contributed by atoms with Gasteiger partial charge in [-0.05, 0) is 5.56 Å². The zero-order valence-corrected chi connectivity index (χ0v) is 7.05. The van der Waals surface area contributed by atoms with Gasteiger partial charge >= 0.3 is 5.97 Å². The molecule has 3 heteroatoms. The van der Waals surface area contributed by atoms with Crippen LogP contribution in [0.2, 0.25) is 0 Å². The Morgan fingerprint density at radius 1 is 1.46 bits per heavy atom. The van der Waals surface area contributed by atoms with Crippen molar-refractivity contribution in [3.8, 4) is 0 Å². The second kappa shape index (κ2) is 4.40. The first-order valence-corrected chi connectivity index (χ1v) is 3.91. The second-order valence-electron chi connectivity index (χ2n) is 2.69. The van der Waals surface area contributed by atoms with Crippen LogP contribution in [0.25, 0.3) is 0 Å². The molecule has 1 aromatic carbocycles. The van der Waals surface area contributed by atoms with Crippen molar-refractivity contribution in [2.24, 2.45) is 4.99 Å². The average Bonchev–Trinajstić information content (AvgIpc) is 2.15. The molecule has 1 aromatic rings. The number of carboxylic acid groups (broad SMARTS) is 1. The molecule has 1 rings (SSSR count). The fourth-order valence-corrected chi connectivity index (χ4v) is 1.04. The molecule has 0 amide bonds. The minimum Gasteiger partial charge on any atom is -0.480 e. The van der Waals surface area contributed by atoms with Crippen molar-refractivity contribution >= 4 is 12.7 Å². The highest BCUT2D eigenvalue weighted by Crippen LogP contribution is 2.05. The maximum Gasteiger partial charge on any atom is 0.328 e. The van der Waals surface area contributed by atoms with Crippen LogP contribution in [0.4, 0.5) is 0 Å². The van der Waals surface area contributed by atoms with Crippen molar-refractivity contribution in [2.45, 2.75) is 12.5 Å². The van der Waals surface area contributed by atoms with Crippen molar-refractivity contribution in [2.75, 3.05) is 0 Å². The zero-order chi connectivity index (χ0) is 9.68. The van der Waals surface area contributed by atoms with Crippen LogP contribution in [0.3, 0.4) is 0 Å². The van der Waals surface area contributed by atoms with Crippen molar-refractivity contribution in [3.05, 3.63) is 35.9 Å². The molecule has 1 unspecified atom stereocenters. The Morgan fingerprint density at radius 2 is 2.08 bits per heavy atom. The molecule has 13 heavy (non-hydrogen) atoms. The van der Waals surface area contributed by atoms with Gasteiger partial charge in [-0.15, -0.1) is 0 Å². The van der Waals surface area contributed by atoms with E-state index >= 15 is 0 Å². The largest absolute Gasteiger partial charge is 0.480 e. The third-order valence-electron chi connectivity index (χ3n) is 1.74. The first kappa shape index (κ1) is 9.45. The van der Waals surface area contributed by atoms with Crippen LogP contribution < -0.4 is 0 Å². The van der Waals surface area contributed by atoms with Crippen LogP contribution >= 0.6 is 0 Å². The molecule has 67 valence electrons. The molecule has 1 atom stereocenters. The van der Waals surface area contributed by atoms with E-state index in [9.17, 15) is 4.79 Å². The number of carboxylic acids is 1. The molecule has 0 saturated heterocycles. The number of rotatable bonds is 4. The Bertz CT molecular complexity index is 295. The van der Waals surface area contributed by atoms with Crippen molar-refractivity contribution in [1.82, 2.24) is 0 Å². The third kappa shape index (κ3) is 2.71. The van der Waals surface area contributed by atoms with Gasteiger partial charge in [-0.2, -0.15) is 0 Å². The summed E-state index contributed by atoms with van der Waals surface area (Å²) in [5, 5.41) is 8.66. The predicted octanol–water partition coefficient (Wildman–Crippen LogP) is 1.26. The molecular weight excluding hydrogens is 166 g/mol. The molecule has 0 aliphatic heterocycles. The molecule has 0 fully saturated rings. The monoisotopic (exact) mass is 176 g/mol. The quantitative estimate of drug-likeness (QED) is 0.702. The van der Waals surface area contributed by atoms with Crippen molar-refractivity contribution in [1.29, 1.82) is 0 Å². The summed E-state index contributed by atoms with van der Waals surface area (Å²) < 4.78 is 0. The number of aliphatic carboxylic acids is 1. The first-order chi connectivity index (χ1) is 6.24. The number of benzene rings is 1. The van der Waals surface area contributed by atoms with Crippen LogP contribution in [0.5, 0.6) is 0 Å². The topological polar surface area (TPSA) is 49.7 Å². The fourth-order valence-electron chi connectivity index (χ4n) is 1.04. The number of hydrogen-bond donors (Lipinski definition) is 1. The van der Waals surface area contributed by atoms with Crippen molar-refractivity contribution in [3.63, 3.8) is 0 Å². The van der Waals surface area contributed by atoms with Gasteiger partial charge in [-0.3, -0.25) is 4.99 Å². The summed E-state index contributed by atoms with van der Waals surface area (Å²) >= 11 is 0. The van der Waals surface area contributed by atoms with Crippen LogP contribution in [0, 0.1) is 0 Å². The van der Waals surface area contributed by atoms with E-state index in [1.807, 2.05) is 30.3 Å². The van der Waals surface area contributed by atoms with E-state index in [1.165, 1.54) is 0 Å². The SMILES string of the molecule is [CH]=NC(Cc1ccccc1)C(=O)O. The highest BCUT2D eigenvalue weighted by molar-refractivity contribution is 5.74. The van der Waals surface area contributed by atoms with E-state index in [-0.39, 0.29) is 0 Å². The van der Waals surface area contributed by atoms with Gasteiger partial charge in [0.25, 0.3) is 0 Å². The molecule has 0 saturated carbocycles. The fraction of sp³-hybridized carbons (Fsp3) is 0.200. The molecule has 1 radical (unpaired) electrons. The van der Waals surface area contributed by atoms with Gasteiger partial charge in [0.15, 0.2) is 6.04 Å². The minimum absolute atomic E-state index is 0.340. The van der Waals surface area contributed by atoms with Gasteiger partial charge in [0.2, 0.25) is 0 Å². The van der Waals surface area contributed by atoms with E-state index in [4.69, 9.17) is 11.8 Å². The molecule has 0 bridgehead atoms. The Balaban J connectivity index is 2.67. The van der Waals surface area contributed by atoms with Crippen molar-refractivity contribution < 1.29 is 9.90 Å². The van der Waals surface area contributed by atoms with Gasteiger partial charge in [0.05, 0.1) is 0 Å². The standard InChI is InChI=1S/C10H10NO2/c1-11-9(10(12)13)7-8-5-3-2-4-6-8/h1-6,9H,7H2,(H,12,13). The van der Waals surface area contributed by atoms with E-state index in [0.717, 1.165) is 5.56 Å². The summed E-state index contributed by atoms with van der Waals surface area (Å²) in [4.78, 5) is 13.8. The molecule has 0 aliphatic carbocycles. The summed E-state index contributed by atoms with van der Waals surface area (Å²) in [5.74, 6) is -0.994. The first-order valence-electron chi connectivity index (χ1n) is 3.91. The van der Waals surface area contributed by atoms with E-state index in [2.05, 4.69) is 4.99 Å². The average molecular weight is 176 g/mol. The molecule has 3 nitrogen and oxygen atoms in total. The number of nitrogens with zero attached hydrogens (tertiary/aromatic N) is 1. The Morgan fingerprint density at radius 3 is 2.54 bits per heavy atom. The Labute approximate surface area is 76.7 Å². The minimum atomic E-state index is -0.994. The number of hydrogen-bond acceptors (Lipinski definition) is 2. The third-order valence-corrected chi connectivity index (χ3v) is 1.74. The van der Waals surface area contributed by atoms with Crippen LogP contribution in [0.1, 0.15) is 5.56 Å². The molecule has 0 heterocycles. The van der Waals surface area contributed by atoms with Gasteiger partial charge in [0.1, 0.15) is 0 Å². The molecule has 1 N–H and O–H groups in total. The lowest BCUT2D eigenvalue weighted by Gasteiger charge is -2.05. The van der Waals surface area contributed by atoms with E-state index in [0.29, 0.717) is 6.42 Å². The molecular formula is C10H10NO2. The van der Waals surface area contributed by atoms with Gasteiger partial charge < -0.3 is 5.11 Å². The lowest BCUT2D eigenvalue weighted by Crippen LogP contribution is -2.19. The highest BCUT2D eigenvalue weighted by atomic mass is 16.4. The Kier molecular flexibility index (Phi) is 3.20. The summed E-state index contributed by atoms with van der Waals surface area (Å²) in [6, 6.07) is 8.43. The lowest BCUT2D eigenvalue weighted by atomic mass is 10.1. The smallest absolute Gasteiger partial charge is 0.328 e. The summed E-state index contributed by atoms with van der Waals surface area (Å²) in [7, 11) is 0. The summed E-state index contributed by atoms with van der Waals surface area (Å²) in [5.41, 5.74) is 0.920. The second-order valence-corrected chi connectivity index (χ2v) is 2.69. The van der Waals surface area contributed by atoms with Crippen LogP contribution in [-0.2, 0) is 11.2 Å². The highest BCUT2D eigenvalue weighted by Gasteiger charge is 2.14. The van der Waals surface area contributed by atoms with E-state index in [1.54, 1.807) is 0 Å². The normalized spacial score (nSPS) is 12.0. The van der Waals surface area contributed by atoms with E-state index < -0.39 is 12.0 Å². The van der Waals surface area contributed by atoms with Crippen LogP contribution in [-0.4, -0.2) is 23.8 Å². The summed E-state index contributed by atoms with van der Waals surface area (Å²) in [6.07, 6.45) is 0.340. The number of aliphatic imine (C=N–C) groups is 1. The zero-order valence-electron chi connectivity index (χ0n) is 7.05. The molecule has 0 aromatic heterocycles. The van der Waals surface area contributed by atoms with Crippen LogP contribution in [0.15, 0.2) is 35.3 Å². The Hall–Kier alpha value is -1.64. The van der Waals surface area contributed by atoms with Gasteiger partial charge in [-0.1, -0.05) is 30.3 Å². The molecule has 0 aliphatic rings. The predicted molar refractivity (Wildman–Crippen MR) is 50.1 cm³/mol.